The van der Waals surface area contributed by atoms with E-state index in [1.54, 1.807) is 0 Å². The standard InChI is InChI=1S/C19H39N7O7/c20-4-3-13(27)17(29)26-12-7-11(24)15(16(14(12)28)33-19(30)25-6-5-21)32-18-10(23)2-1-9(8-22)31-18/h9-16,18,27-28H,1-8,20-24H2,(H,25,30)(H,26,29)/t9-,10+,11-,12+,13-,14-,15+,16+,18+/m0/s1. The molecular formula is C19H39N7O7. The summed E-state index contributed by atoms with van der Waals surface area (Å²) in [6.45, 7) is 0.729. The van der Waals surface area contributed by atoms with Gasteiger partial charge in [0.2, 0.25) is 5.91 Å². The molecule has 2 fully saturated rings. The molecule has 9 atom stereocenters. The van der Waals surface area contributed by atoms with Crippen LogP contribution in [0.4, 0.5) is 4.79 Å². The highest BCUT2D eigenvalue weighted by Gasteiger charge is 2.48. The van der Waals surface area contributed by atoms with E-state index >= 15 is 0 Å². The lowest BCUT2D eigenvalue weighted by Gasteiger charge is -2.45. The predicted molar refractivity (Wildman–Crippen MR) is 117 cm³/mol. The van der Waals surface area contributed by atoms with Gasteiger partial charge in [0, 0.05) is 25.7 Å². The van der Waals surface area contributed by atoms with E-state index in [0.717, 1.165) is 0 Å². The Kier molecular flexibility index (Phi) is 11.1. The maximum absolute atomic E-state index is 12.3. The highest BCUT2D eigenvalue weighted by Crippen LogP contribution is 2.29. The summed E-state index contributed by atoms with van der Waals surface area (Å²) < 4.78 is 17.2. The second-order valence-electron chi connectivity index (χ2n) is 8.39. The number of aliphatic hydroxyl groups excluding tert-OH is 2. The van der Waals surface area contributed by atoms with Gasteiger partial charge in [-0.05, 0) is 32.2 Å². The summed E-state index contributed by atoms with van der Waals surface area (Å²) in [6, 6.07) is -2.15. The first-order chi connectivity index (χ1) is 15.7. The number of hydrogen-bond donors (Lipinski definition) is 9. The zero-order valence-electron chi connectivity index (χ0n) is 18.7. The molecule has 0 spiro atoms. The second kappa shape index (κ2) is 13.3. The molecule has 0 bridgehead atoms. The molecule has 1 aliphatic carbocycles. The van der Waals surface area contributed by atoms with E-state index in [4.69, 9.17) is 42.9 Å². The summed E-state index contributed by atoms with van der Waals surface area (Å²) in [5, 5.41) is 25.8. The minimum absolute atomic E-state index is 0.0487. The summed E-state index contributed by atoms with van der Waals surface area (Å²) in [4.78, 5) is 24.5. The molecule has 0 aromatic rings. The van der Waals surface area contributed by atoms with Crippen LogP contribution in [-0.2, 0) is 19.0 Å². The largest absolute Gasteiger partial charge is 0.441 e. The Balaban J connectivity index is 2.17. The fourth-order valence-corrected chi connectivity index (χ4v) is 3.93. The van der Waals surface area contributed by atoms with Gasteiger partial charge in [-0.1, -0.05) is 0 Å². The van der Waals surface area contributed by atoms with E-state index in [-0.39, 0.29) is 45.1 Å². The number of amides is 2. The van der Waals surface area contributed by atoms with Gasteiger partial charge in [0.05, 0.1) is 18.2 Å². The average molecular weight is 478 g/mol. The molecule has 1 heterocycles. The van der Waals surface area contributed by atoms with Crippen LogP contribution in [0.2, 0.25) is 0 Å². The SMILES string of the molecule is NCCNC(=O)O[C@@H]1[C@@H](O)[C@H](NC(=O)[C@@H](O)CCN)C[C@H](N)[C@H]1O[C@H]1O[C@H](CN)CC[C@H]1N. The third-order valence-corrected chi connectivity index (χ3v) is 5.80. The van der Waals surface area contributed by atoms with Gasteiger partial charge >= 0.3 is 6.09 Å². The van der Waals surface area contributed by atoms with Gasteiger partial charge in [0.25, 0.3) is 0 Å². The van der Waals surface area contributed by atoms with E-state index in [0.29, 0.717) is 12.8 Å². The molecule has 14 N–H and O–H groups in total. The maximum atomic E-state index is 12.3. The highest BCUT2D eigenvalue weighted by atomic mass is 16.7. The van der Waals surface area contributed by atoms with Crippen LogP contribution in [-0.4, -0.2) is 103 Å². The number of aliphatic hydroxyl groups is 2. The van der Waals surface area contributed by atoms with Crippen LogP contribution >= 0.6 is 0 Å². The normalized spacial score (nSPS) is 35.5. The van der Waals surface area contributed by atoms with Crippen molar-refractivity contribution in [3.8, 4) is 0 Å². The van der Waals surface area contributed by atoms with Crippen molar-refractivity contribution in [1.29, 1.82) is 0 Å². The Labute approximate surface area is 192 Å². The van der Waals surface area contributed by atoms with Gasteiger partial charge in [-0.15, -0.1) is 0 Å². The molecule has 14 heteroatoms. The molecule has 14 nitrogen and oxygen atoms in total. The van der Waals surface area contributed by atoms with Gasteiger partial charge in [-0.25, -0.2) is 4.79 Å². The summed E-state index contributed by atoms with van der Waals surface area (Å²) in [5.74, 6) is -0.717. The van der Waals surface area contributed by atoms with E-state index in [1.807, 2.05) is 0 Å². The Morgan fingerprint density at radius 3 is 2.45 bits per heavy atom. The highest BCUT2D eigenvalue weighted by molar-refractivity contribution is 5.80. The first kappa shape index (κ1) is 27.6. The van der Waals surface area contributed by atoms with Crippen molar-refractivity contribution in [3.63, 3.8) is 0 Å². The van der Waals surface area contributed by atoms with Crippen LogP contribution in [0.1, 0.15) is 25.7 Å². The molecular weight excluding hydrogens is 438 g/mol. The Hall–Kier alpha value is -1.62. The number of carbonyl (C=O) groups excluding carboxylic acids is 2. The van der Waals surface area contributed by atoms with Crippen LogP contribution in [0.15, 0.2) is 0 Å². The van der Waals surface area contributed by atoms with Gasteiger partial charge in [-0.3, -0.25) is 4.79 Å². The van der Waals surface area contributed by atoms with Gasteiger partial charge in [-0.2, -0.15) is 0 Å². The summed E-state index contributed by atoms with van der Waals surface area (Å²) in [5.41, 5.74) is 28.9. The zero-order chi connectivity index (χ0) is 24.5. The third kappa shape index (κ3) is 7.70. The van der Waals surface area contributed by atoms with Crippen molar-refractivity contribution in [1.82, 2.24) is 10.6 Å². The number of nitrogens with one attached hydrogen (secondary N) is 2. The number of nitrogens with two attached hydrogens (primary N) is 5. The van der Waals surface area contributed by atoms with Gasteiger partial charge in [0.15, 0.2) is 12.4 Å². The van der Waals surface area contributed by atoms with Crippen molar-refractivity contribution in [3.05, 3.63) is 0 Å². The van der Waals surface area contributed by atoms with Crippen LogP contribution in [0, 0.1) is 0 Å². The predicted octanol–water partition coefficient (Wildman–Crippen LogP) is -4.50. The minimum Gasteiger partial charge on any atom is -0.441 e. The van der Waals surface area contributed by atoms with Crippen molar-refractivity contribution >= 4 is 12.0 Å². The molecule has 0 unspecified atom stereocenters. The monoisotopic (exact) mass is 477 g/mol. The van der Waals surface area contributed by atoms with Crippen LogP contribution in [0.5, 0.6) is 0 Å². The number of hydrogen-bond acceptors (Lipinski definition) is 12. The van der Waals surface area contributed by atoms with Gasteiger partial charge in [0.1, 0.15) is 18.3 Å². The number of carbonyl (C=O) groups is 2. The fourth-order valence-electron chi connectivity index (χ4n) is 3.93. The Bertz CT molecular complexity index is 631. The zero-order valence-corrected chi connectivity index (χ0v) is 18.7. The van der Waals surface area contributed by atoms with E-state index < -0.39 is 60.8 Å². The quantitative estimate of drug-likeness (QED) is 0.144. The third-order valence-electron chi connectivity index (χ3n) is 5.80. The van der Waals surface area contributed by atoms with Crippen LogP contribution in [0.25, 0.3) is 0 Å². The Morgan fingerprint density at radius 2 is 1.82 bits per heavy atom. The first-order valence-electron chi connectivity index (χ1n) is 11.2. The lowest BCUT2D eigenvalue weighted by atomic mass is 9.83. The fraction of sp³-hybridized carbons (Fsp3) is 0.895. The molecule has 1 saturated heterocycles. The number of alkyl carbamates (subject to hydrolysis) is 1. The lowest BCUT2D eigenvalue weighted by molar-refractivity contribution is -0.252. The summed E-state index contributed by atoms with van der Waals surface area (Å²) >= 11 is 0. The topological polar surface area (TPSA) is 256 Å². The molecule has 33 heavy (non-hydrogen) atoms. The lowest BCUT2D eigenvalue weighted by Crippen LogP contribution is -2.67. The molecule has 2 amide bonds. The molecule has 1 saturated carbocycles. The van der Waals surface area contributed by atoms with Gasteiger partial charge < -0.3 is 63.7 Å². The molecule has 192 valence electrons. The molecule has 2 aliphatic rings. The summed E-state index contributed by atoms with van der Waals surface area (Å²) in [6.07, 6.45) is -5.53. The smallest absolute Gasteiger partial charge is 0.407 e. The average Bonchev–Trinajstić information content (AvgIpc) is 2.79. The Morgan fingerprint density at radius 1 is 1.09 bits per heavy atom. The molecule has 2 rings (SSSR count). The second-order valence-corrected chi connectivity index (χ2v) is 8.39. The summed E-state index contributed by atoms with van der Waals surface area (Å²) in [7, 11) is 0. The maximum Gasteiger partial charge on any atom is 0.407 e. The van der Waals surface area contributed by atoms with E-state index in [1.165, 1.54) is 0 Å². The van der Waals surface area contributed by atoms with Crippen molar-refractivity contribution in [2.75, 3.05) is 26.2 Å². The molecule has 1 aliphatic heterocycles. The van der Waals surface area contributed by atoms with Crippen LogP contribution < -0.4 is 39.3 Å². The minimum atomic E-state index is -1.39. The number of ether oxygens (including phenoxy) is 3. The molecule has 0 radical (unpaired) electrons. The van der Waals surface area contributed by atoms with Crippen molar-refractivity contribution < 1.29 is 34.0 Å². The number of rotatable bonds is 10. The molecule has 0 aromatic heterocycles. The van der Waals surface area contributed by atoms with Crippen molar-refractivity contribution in [2.45, 2.75) is 80.6 Å². The van der Waals surface area contributed by atoms with E-state index in [2.05, 4.69) is 10.6 Å². The molecule has 0 aromatic carbocycles. The van der Waals surface area contributed by atoms with Crippen molar-refractivity contribution in [2.24, 2.45) is 28.7 Å². The van der Waals surface area contributed by atoms with E-state index in [9.17, 15) is 19.8 Å². The first-order valence-corrected chi connectivity index (χ1v) is 11.2. The van der Waals surface area contributed by atoms with Crippen LogP contribution in [0.3, 0.4) is 0 Å².